The molecule has 0 saturated heterocycles. The van der Waals surface area contributed by atoms with Crippen LogP contribution in [0.5, 0.6) is 0 Å². The third-order valence-electron chi connectivity index (χ3n) is 3.53. The number of carbonyl (C=O) groups excluding carboxylic acids is 1. The summed E-state index contributed by atoms with van der Waals surface area (Å²) in [6.45, 7) is 1.87. The SMILES string of the molecule is CCc1cc(-c2ccccc2)c(S(C)(=O)=O)cc1C(=O)N=C(N)N.Cl. The van der Waals surface area contributed by atoms with Crippen LogP contribution in [0.1, 0.15) is 22.8 Å². The quantitative estimate of drug-likeness (QED) is 0.621. The van der Waals surface area contributed by atoms with Crippen molar-refractivity contribution in [3.05, 3.63) is 53.6 Å². The minimum atomic E-state index is -3.55. The normalized spacial score (nSPS) is 10.6. The Morgan fingerprint density at radius 2 is 1.72 bits per heavy atom. The van der Waals surface area contributed by atoms with E-state index in [0.29, 0.717) is 17.5 Å². The van der Waals surface area contributed by atoms with E-state index in [9.17, 15) is 13.2 Å². The first-order chi connectivity index (χ1) is 11.2. The van der Waals surface area contributed by atoms with Gasteiger partial charge in [0, 0.05) is 17.4 Å². The van der Waals surface area contributed by atoms with Crippen molar-refractivity contribution in [3.63, 3.8) is 0 Å². The highest BCUT2D eigenvalue weighted by Gasteiger charge is 2.21. The van der Waals surface area contributed by atoms with Crippen LogP contribution in [0, 0.1) is 0 Å². The monoisotopic (exact) mass is 381 g/mol. The Kier molecular flexibility index (Phi) is 6.72. The summed E-state index contributed by atoms with van der Waals surface area (Å²) in [5.74, 6) is -1.02. The van der Waals surface area contributed by atoms with Crippen LogP contribution in [0.4, 0.5) is 0 Å². The number of hydrogen-bond donors (Lipinski definition) is 2. The molecule has 0 saturated carbocycles. The molecule has 0 bridgehead atoms. The second-order valence-corrected chi connectivity index (χ2v) is 7.32. The van der Waals surface area contributed by atoms with E-state index in [1.165, 1.54) is 6.07 Å². The number of aliphatic imine (C=N–C) groups is 1. The number of aryl methyl sites for hydroxylation is 1. The maximum absolute atomic E-state index is 12.2. The van der Waals surface area contributed by atoms with Gasteiger partial charge in [-0.15, -0.1) is 12.4 Å². The van der Waals surface area contributed by atoms with Gasteiger partial charge in [-0.3, -0.25) is 4.79 Å². The van der Waals surface area contributed by atoms with E-state index < -0.39 is 15.7 Å². The average molecular weight is 382 g/mol. The fraction of sp³-hybridized carbons (Fsp3) is 0.176. The Bertz CT molecular complexity index is 906. The molecular formula is C17H20ClN3O3S. The van der Waals surface area contributed by atoms with E-state index in [1.807, 2.05) is 37.3 Å². The third kappa shape index (κ3) is 4.80. The molecule has 134 valence electrons. The number of sulfone groups is 1. The molecule has 2 aromatic carbocycles. The van der Waals surface area contributed by atoms with Crippen molar-refractivity contribution >= 4 is 34.1 Å². The summed E-state index contributed by atoms with van der Waals surface area (Å²) < 4.78 is 24.5. The lowest BCUT2D eigenvalue weighted by atomic mass is 9.97. The van der Waals surface area contributed by atoms with E-state index in [-0.39, 0.29) is 28.8 Å². The van der Waals surface area contributed by atoms with E-state index in [2.05, 4.69) is 4.99 Å². The van der Waals surface area contributed by atoms with Gasteiger partial charge in [-0.25, -0.2) is 8.42 Å². The molecule has 0 atom stereocenters. The van der Waals surface area contributed by atoms with Crippen LogP contribution >= 0.6 is 12.4 Å². The van der Waals surface area contributed by atoms with Crippen LogP contribution in [0.2, 0.25) is 0 Å². The largest absolute Gasteiger partial charge is 0.370 e. The first-order valence-electron chi connectivity index (χ1n) is 7.30. The molecule has 0 aliphatic carbocycles. The van der Waals surface area contributed by atoms with Crippen molar-refractivity contribution in [3.8, 4) is 11.1 Å². The molecule has 0 unspecified atom stereocenters. The number of hydrogen-bond acceptors (Lipinski definition) is 3. The third-order valence-corrected chi connectivity index (χ3v) is 4.67. The molecule has 0 aliphatic heterocycles. The lowest BCUT2D eigenvalue weighted by molar-refractivity contribution is 0.100. The molecule has 1 amide bonds. The van der Waals surface area contributed by atoms with Crippen molar-refractivity contribution in [1.29, 1.82) is 0 Å². The number of amides is 1. The molecular weight excluding hydrogens is 362 g/mol. The molecule has 2 aromatic rings. The fourth-order valence-corrected chi connectivity index (χ4v) is 3.35. The zero-order valence-corrected chi connectivity index (χ0v) is 15.5. The van der Waals surface area contributed by atoms with Gasteiger partial charge in [0.1, 0.15) is 0 Å². The Labute approximate surface area is 153 Å². The van der Waals surface area contributed by atoms with E-state index >= 15 is 0 Å². The molecule has 6 nitrogen and oxygen atoms in total. The molecule has 0 spiro atoms. The minimum Gasteiger partial charge on any atom is -0.370 e. The molecule has 25 heavy (non-hydrogen) atoms. The molecule has 0 fully saturated rings. The van der Waals surface area contributed by atoms with Gasteiger partial charge < -0.3 is 11.5 Å². The highest BCUT2D eigenvalue weighted by atomic mass is 35.5. The summed E-state index contributed by atoms with van der Waals surface area (Å²) in [6.07, 6.45) is 1.64. The minimum absolute atomic E-state index is 0. The summed E-state index contributed by atoms with van der Waals surface area (Å²) in [6, 6.07) is 12.2. The van der Waals surface area contributed by atoms with Crippen LogP contribution in [0.25, 0.3) is 11.1 Å². The summed E-state index contributed by atoms with van der Waals surface area (Å²) >= 11 is 0. The summed E-state index contributed by atoms with van der Waals surface area (Å²) in [4.78, 5) is 15.8. The Morgan fingerprint density at radius 1 is 1.12 bits per heavy atom. The van der Waals surface area contributed by atoms with Crippen LogP contribution in [-0.2, 0) is 16.3 Å². The Morgan fingerprint density at radius 3 is 2.20 bits per heavy atom. The lowest BCUT2D eigenvalue weighted by Gasteiger charge is -2.13. The highest BCUT2D eigenvalue weighted by molar-refractivity contribution is 7.90. The molecule has 8 heteroatoms. The van der Waals surface area contributed by atoms with Crippen molar-refractivity contribution in [2.75, 3.05) is 6.26 Å². The van der Waals surface area contributed by atoms with Crippen molar-refractivity contribution in [1.82, 2.24) is 0 Å². The second kappa shape index (κ2) is 8.13. The van der Waals surface area contributed by atoms with Gasteiger partial charge in [-0.2, -0.15) is 4.99 Å². The highest BCUT2D eigenvalue weighted by Crippen LogP contribution is 2.31. The molecule has 2 rings (SSSR count). The smallest absolute Gasteiger partial charge is 0.280 e. The lowest BCUT2D eigenvalue weighted by Crippen LogP contribution is -2.24. The first-order valence-corrected chi connectivity index (χ1v) is 9.19. The molecule has 4 N–H and O–H groups in total. The number of guanidine groups is 1. The van der Waals surface area contributed by atoms with E-state index in [0.717, 1.165) is 11.8 Å². The first kappa shape index (κ1) is 20.7. The molecule has 0 aliphatic rings. The van der Waals surface area contributed by atoms with Gasteiger partial charge in [-0.1, -0.05) is 37.3 Å². The summed E-state index contributed by atoms with van der Waals surface area (Å²) in [7, 11) is -3.55. The van der Waals surface area contributed by atoms with Gasteiger partial charge in [0.2, 0.25) is 0 Å². The molecule has 0 heterocycles. The second-order valence-electron chi connectivity index (χ2n) is 5.34. The van der Waals surface area contributed by atoms with Gasteiger partial charge in [0.25, 0.3) is 5.91 Å². The Balaban J connectivity index is 0.00000312. The standard InChI is InChI=1S/C17H19N3O3S.ClH/c1-3-11-9-13(12-7-5-4-6-8-12)15(24(2,22)23)10-14(11)16(21)20-17(18)19;/h4-10H,3H2,1-2H3,(H4,18,19,20,21);1H. The van der Waals surface area contributed by atoms with Crippen LogP contribution in [-0.4, -0.2) is 26.5 Å². The van der Waals surface area contributed by atoms with Crippen molar-refractivity contribution in [2.45, 2.75) is 18.2 Å². The van der Waals surface area contributed by atoms with Gasteiger partial charge >= 0.3 is 0 Å². The van der Waals surface area contributed by atoms with E-state index in [4.69, 9.17) is 11.5 Å². The molecule has 0 aromatic heterocycles. The predicted molar refractivity (Wildman–Crippen MR) is 102 cm³/mol. The van der Waals surface area contributed by atoms with Gasteiger partial charge in [0.05, 0.1) is 4.90 Å². The maximum Gasteiger partial charge on any atom is 0.280 e. The van der Waals surface area contributed by atoms with Crippen molar-refractivity contribution in [2.24, 2.45) is 16.5 Å². The van der Waals surface area contributed by atoms with Crippen LogP contribution < -0.4 is 11.5 Å². The maximum atomic E-state index is 12.2. The predicted octanol–water partition coefficient (Wildman–Crippen LogP) is 2.15. The Hall–Kier alpha value is -2.38. The van der Waals surface area contributed by atoms with Gasteiger partial charge in [0.15, 0.2) is 15.8 Å². The van der Waals surface area contributed by atoms with Gasteiger partial charge in [-0.05, 0) is 29.7 Å². The summed E-state index contributed by atoms with van der Waals surface area (Å²) in [5.41, 5.74) is 12.7. The number of nitrogens with zero attached hydrogens (tertiary/aromatic N) is 1. The van der Waals surface area contributed by atoms with Crippen LogP contribution in [0.3, 0.4) is 0 Å². The number of halogens is 1. The van der Waals surface area contributed by atoms with Crippen LogP contribution in [0.15, 0.2) is 52.4 Å². The number of benzene rings is 2. The van der Waals surface area contributed by atoms with E-state index in [1.54, 1.807) is 6.07 Å². The average Bonchev–Trinajstić information content (AvgIpc) is 2.52. The fourth-order valence-electron chi connectivity index (χ4n) is 2.44. The number of carbonyl (C=O) groups is 1. The zero-order valence-electron chi connectivity index (χ0n) is 13.9. The van der Waals surface area contributed by atoms with Crippen molar-refractivity contribution < 1.29 is 13.2 Å². The topological polar surface area (TPSA) is 116 Å². The summed E-state index contributed by atoms with van der Waals surface area (Å²) in [5, 5.41) is 0. The number of nitrogens with two attached hydrogens (primary N) is 2. The number of rotatable bonds is 4. The molecule has 0 radical (unpaired) electrons. The zero-order chi connectivity index (χ0) is 17.9.